The topological polar surface area (TPSA) is 70.9 Å². The number of carboxylic acid groups (broad SMARTS) is 1. The van der Waals surface area contributed by atoms with Gasteiger partial charge in [0.2, 0.25) is 0 Å². The Balaban J connectivity index is 2.47. The zero-order chi connectivity index (χ0) is 11.7. The second-order valence-electron chi connectivity index (χ2n) is 3.40. The van der Waals surface area contributed by atoms with E-state index in [1.807, 2.05) is 18.5 Å². The van der Waals surface area contributed by atoms with Crippen LogP contribution in [0.25, 0.3) is 11.3 Å². The highest BCUT2D eigenvalue weighted by Crippen LogP contribution is 2.30. The summed E-state index contributed by atoms with van der Waals surface area (Å²) in [5.74, 6) is -0.889. The Morgan fingerprint density at radius 1 is 1.69 bits per heavy atom. The highest BCUT2D eigenvalue weighted by molar-refractivity contribution is 9.10. The number of aryl methyl sites for hydroxylation is 1. The number of nitrogens with zero attached hydrogens (tertiary/aromatic N) is 2. The van der Waals surface area contributed by atoms with Crippen LogP contribution in [0.5, 0.6) is 0 Å². The van der Waals surface area contributed by atoms with Gasteiger partial charge < -0.3 is 10.1 Å². The average molecular weight is 284 g/mol. The number of aromatic amines is 1. The highest BCUT2D eigenvalue weighted by Gasteiger charge is 2.17. The van der Waals surface area contributed by atoms with E-state index in [1.54, 1.807) is 11.7 Å². The Morgan fingerprint density at radius 2 is 2.44 bits per heavy atom. The lowest BCUT2D eigenvalue weighted by Crippen LogP contribution is -2.01. The smallest absolute Gasteiger partial charge is 0.309 e. The summed E-state index contributed by atoms with van der Waals surface area (Å²) in [6.45, 7) is 0. The number of rotatable bonds is 3. The van der Waals surface area contributed by atoms with Gasteiger partial charge >= 0.3 is 5.97 Å². The molecule has 2 aromatic heterocycles. The third-order valence-electron chi connectivity index (χ3n) is 2.25. The minimum atomic E-state index is -0.889. The summed E-state index contributed by atoms with van der Waals surface area (Å²) in [7, 11) is 1.79. The molecule has 0 radical (unpaired) electrons. The van der Waals surface area contributed by atoms with Gasteiger partial charge in [0.25, 0.3) is 0 Å². The van der Waals surface area contributed by atoms with Gasteiger partial charge in [0.1, 0.15) is 0 Å². The number of aliphatic carboxylic acids is 1. The Labute approximate surface area is 100 Å². The van der Waals surface area contributed by atoms with Crippen LogP contribution in [0.3, 0.4) is 0 Å². The van der Waals surface area contributed by atoms with Crippen molar-refractivity contribution in [1.29, 1.82) is 0 Å². The van der Waals surface area contributed by atoms with E-state index in [4.69, 9.17) is 5.11 Å². The van der Waals surface area contributed by atoms with Crippen molar-refractivity contribution < 1.29 is 9.90 Å². The molecule has 0 aliphatic heterocycles. The lowest BCUT2D eigenvalue weighted by atomic mass is 10.2. The normalized spacial score (nSPS) is 10.6. The van der Waals surface area contributed by atoms with Crippen molar-refractivity contribution in [2.75, 3.05) is 0 Å². The standard InChI is InChI=1S/C10H10BrN3O2/c1-14-10(6-2-3-12-5-6)9(11)7(13-14)4-8(15)16/h2-3,5,12H,4H2,1H3,(H,15,16). The van der Waals surface area contributed by atoms with Crippen molar-refractivity contribution in [3.63, 3.8) is 0 Å². The molecule has 0 atom stereocenters. The molecule has 0 bridgehead atoms. The molecule has 0 spiro atoms. The summed E-state index contributed by atoms with van der Waals surface area (Å²) < 4.78 is 2.41. The van der Waals surface area contributed by atoms with Crippen molar-refractivity contribution in [2.24, 2.45) is 7.05 Å². The maximum atomic E-state index is 10.7. The van der Waals surface area contributed by atoms with Crippen LogP contribution in [-0.2, 0) is 18.3 Å². The van der Waals surface area contributed by atoms with Gasteiger partial charge in [-0.25, -0.2) is 0 Å². The molecule has 0 unspecified atom stereocenters. The summed E-state index contributed by atoms with van der Waals surface area (Å²) in [4.78, 5) is 13.6. The number of hydrogen-bond donors (Lipinski definition) is 2. The van der Waals surface area contributed by atoms with Crippen LogP contribution in [0.2, 0.25) is 0 Å². The molecule has 0 amide bonds. The number of hydrogen-bond acceptors (Lipinski definition) is 2. The van der Waals surface area contributed by atoms with Crippen LogP contribution in [-0.4, -0.2) is 25.8 Å². The van der Waals surface area contributed by atoms with Crippen molar-refractivity contribution in [3.05, 3.63) is 28.6 Å². The minimum Gasteiger partial charge on any atom is -0.481 e. The maximum absolute atomic E-state index is 10.7. The molecule has 0 fully saturated rings. The molecule has 2 aromatic rings. The van der Waals surface area contributed by atoms with Crippen LogP contribution in [0.15, 0.2) is 22.9 Å². The van der Waals surface area contributed by atoms with Crippen LogP contribution < -0.4 is 0 Å². The van der Waals surface area contributed by atoms with Crippen molar-refractivity contribution in [3.8, 4) is 11.3 Å². The maximum Gasteiger partial charge on any atom is 0.309 e. The Morgan fingerprint density at radius 3 is 3.00 bits per heavy atom. The van der Waals surface area contributed by atoms with E-state index < -0.39 is 5.97 Å². The fraction of sp³-hybridized carbons (Fsp3) is 0.200. The summed E-state index contributed by atoms with van der Waals surface area (Å²) >= 11 is 3.39. The first-order valence-electron chi connectivity index (χ1n) is 4.66. The van der Waals surface area contributed by atoms with Gasteiger partial charge in [-0.05, 0) is 22.0 Å². The van der Waals surface area contributed by atoms with Crippen LogP contribution >= 0.6 is 15.9 Å². The second-order valence-corrected chi connectivity index (χ2v) is 4.20. The summed E-state index contributed by atoms with van der Waals surface area (Å²) in [6, 6.07) is 1.91. The Hall–Kier alpha value is -1.56. The molecule has 0 saturated heterocycles. The molecule has 0 aliphatic rings. The minimum absolute atomic E-state index is 0.0845. The monoisotopic (exact) mass is 283 g/mol. The molecular weight excluding hydrogens is 274 g/mol. The zero-order valence-corrected chi connectivity index (χ0v) is 10.2. The van der Waals surface area contributed by atoms with Gasteiger partial charge in [0.05, 0.1) is 22.3 Å². The third-order valence-corrected chi connectivity index (χ3v) is 3.08. The molecule has 0 aliphatic carbocycles. The molecule has 5 nitrogen and oxygen atoms in total. The largest absolute Gasteiger partial charge is 0.481 e. The van der Waals surface area contributed by atoms with Gasteiger partial charge in [-0.15, -0.1) is 0 Å². The molecule has 84 valence electrons. The van der Waals surface area contributed by atoms with Crippen molar-refractivity contribution in [2.45, 2.75) is 6.42 Å². The zero-order valence-electron chi connectivity index (χ0n) is 8.57. The molecule has 16 heavy (non-hydrogen) atoms. The Bertz CT molecular complexity index is 516. The van der Waals surface area contributed by atoms with E-state index in [-0.39, 0.29) is 6.42 Å². The predicted molar refractivity (Wildman–Crippen MR) is 62.0 cm³/mol. The van der Waals surface area contributed by atoms with Gasteiger partial charge in [-0.2, -0.15) is 5.10 Å². The van der Waals surface area contributed by atoms with E-state index in [1.165, 1.54) is 0 Å². The number of nitrogens with one attached hydrogen (secondary N) is 1. The highest BCUT2D eigenvalue weighted by atomic mass is 79.9. The summed E-state index contributed by atoms with van der Waals surface area (Å²) in [6.07, 6.45) is 3.57. The number of carboxylic acids is 1. The second kappa shape index (κ2) is 4.13. The van der Waals surface area contributed by atoms with Crippen molar-refractivity contribution >= 4 is 21.9 Å². The predicted octanol–water partition coefficient (Wildman–Crippen LogP) is 1.80. The Kier molecular flexibility index (Phi) is 2.82. The fourth-order valence-electron chi connectivity index (χ4n) is 1.59. The van der Waals surface area contributed by atoms with E-state index in [0.717, 1.165) is 15.7 Å². The molecule has 2 rings (SSSR count). The first-order valence-corrected chi connectivity index (χ1v) is 5.45. The van der Waals surface area contributed by atoms with Crippen LogP contribution in [0.4, 0.5) is 0 Å². The lowest BCUT2D eigenvalue weighted by Gasteiger charge is -1.98. The van der Waals surface area contributed by atoms with E-state index in [2.05, 4.69) is 26.0 Å². The van der Waals surface area contributed by atoms with Crippen LogP contribution in [0.1, 0.15) is 5.69 Å². The van der Waals surface area contributed by atoms with Gasteiger partial charge in [0, 0.05) is 25.0 Å². The molecule has 2 heterocycles. The lowest BCUT2D eigenvalue weighted by molar-refractivity contribution is -0.136. The van der Waals surface area contributed by atoms with Gasteiger partial charge in [0.15, 0.2) is 0 Å². The molecule has 6 heteroatoms. The van der Waals surface area contributed by atoms with E-state index >= 15 is 0 Å². The molecule has 0 aromatic carbocycles. The van der Waals surface area contributed by atoms with Crippen molar-refractivity contribution in [1.82, 2.24) is 14.8 Å². The molecule has 2 N–H and O–H groups in total. The van der Waals surface area contributed by atoms with Gasteiger partial charge in [-0.1, -0.05) is 0 Å². The number of aromatic nitrogens is 3. The number of carbonyl (C=O) groups is 1. The van der Waals surface area contributed by atoms with E-state index in [0.29, 0.717) is 5.69 Å². The first-order chi connectivity index (χ1) is 7.59. The van der Waals surface area contributed by atoms with Crippen LogP contribution in [0, 0.1) is 0 Å². The molecule has 0 saturated carbocycles. The van der Waals surface area contributed by atoms with E-state index in [9.17, 15) is 4.79 Å². The third kappa shape index (κ3) is 1.88. The fourth-order valence-corrected chi connectivity index (χ4v) is 2.30. The quantitative estimate of drug-likeness (QED) is 0.902. The number of halogens is 1. The first kappa shape index (κ1) is 10.9. The number of H-pyrrole nitrogens is 1. The summed E-state index contributed by atoms with van der Waals surface area (Å²) in [5.41, 5.74) is 2.38. The molecular formula is C10H10BrN3O2. The SMILES string of the molecule is Cn1nc(CC(=O)O)c(Br)c1-c1cc[nH]c1. The van der Waals surface area contributed by atoms with Gasteiger partial charge in [-0.3, -0.25) is 9.48 Å². The summed E-state index contributed by atoms with van der Waals surface area (Å²) in [5, 5.41) is 12.9. The average Bonchev–Trinajstić information content (AvgIpc) is 2.76.